The number of aliphatic hydroxyl groups excluding tert-OH is 1. The van der Waals surface area contributed by atoms with Gasteiger partial charge in [0.05, 0.1) is 31.5 Å². The van der Waals surface area contributed by atoms with Crippen LogP contribution in [0.3, 0.4) is 0 Å². The van der Waals surface area contributed by atoms with Crippen LogP contribution < -0.4 is 4.74 Å². The molecule has 1 aromatic heterocycles. The predicted octanol–water partition coefficient (Wildman–Crippen LogP) is 4.91. The van der Waals surface area contributed by atoms with Crippen molar-refractivity contribution >= 4 is 17.4 Å². The molecule has 0 aliphatic carbocycles. The minimum atomic E-state index is -0.905. The van der Waals surface area contributed by atoms with Crippen LogP contribution in [-0.4, -0.2) is 33.9 Å². The summed E-state index contributed by atoms with van der Waals surface area (Å²) in [6, 6.07) is 14.0. The lowest BCUT2D eigenvalue weighted by molar-refractivity contribution is -0.140. The Morgan fingerprint density at radius 1 is 1.09 bits per heavy atom. The van der Waals surface area contributed by atoms with Gasteiger partial charge >= 0.3 is 0 Å². The standard InChI is InChI=1S/C27H27NO6/c1-27(2,3)20-14-17(10-11-21(20)33-4)24(30)22-23(16-7-5-8-18(29)13-16)28(26(32)25(22)31)15-19-9-6-12-34-19/h5-14,23,29-30H,15H2,1-4H3/b24-22-. The van der Waals surface area contributed by atoms with Gasteiger partial charge in [-0.1, -0.05) is 32.9 Å². The third-order valence-electron chi connectivity index (χ3n) is 5.91. The molecule has 1 amide bonds. The zero-order valence-corrected chi connectivity index (χ0v) is 19.5. The molecule has 7 heteroatoms. The van der Waals surface area contributed by atoms with E-state index in [1.54, 1.807) is 49.6 Å². The normalized spacial score (nSPS) is 17.9. The van der Waals surface area contributed by atoms with Crippen molar-refractivity contribution in [2.24, 2.45) is 0 Å². The molecule has 7 nitrogen and oxygen atoms in total. The van der Waals surface area contributed by atoms with Crippen molar-refractivity contribution in [3.63, 3.8) is 0 Å². The molecule has 0 bridgehead atoms. The van der Waals surface area contributed by atoms with E-state index in [1.165, 1.54) is 23.3 Å². The molecule has 1 saturated heterocycles. The smallest absolute Gasteiger partial charge is 0.296 e. The van der Waals surface area contributed by atoms with E-state index in [0.29, 0.717) is 22.6 Å². The molecule has 0 radical (unpaired) electrons. The van der Waals surface area contributed by atoms with Gasteiger partial charge in [0.2, 0.25) is 0 Å². The third-order valence-corrected chi connectivity index (χ3v) is 5.91. The van der Waals surface area contributed by atoms with Crippen LogP contribution in [0.2, 0.25) is 0 Å². The quantitative estimate of drug-likeness (QED) is 0.318. The fourth-order valence-corrected chi connectivity index (χ4v) is 4.25. The van der Waals surface area contributed by atoms with Gasteiger partial charge < -0.3 is 24.3 Å². The molecular weight excluding hydrogens is 434 g/mol. The molecular formula is C27H27NO6. The van der Waals surface area contributed by atoms with Crippen molar-refractivity contribution in [1.29, 1.82) is 0 Å². The molecule has 1 aliphatic rings. The van der Waals surface area contributed by atoms with Crippen LogP contribution in [0.1, 0.15) is 49.3 Å². The summed E-state index contributed by atoms with van der Waals surface area (Å²) in [5.41, 5.74) is 1.39. The van der Waals surface area contributed by atoms with E-state index in [4.69, 9.17) is 9.15 Å². The number of phenols is 1. The minimum absolute atomic E-state index is 0.0134. The van der Waals surface area contributed by atoms with Crippen molar-refractivity contribution in [2.75, 3.05) is 7.11 Å². The molecule has 2 aromatic carbocycles. The van der Waals surface area contributed by atoms with Gasteiger partial charge in [-0.3, -0.25) is 9.59 Å². The highest BCUT2D eigenvalue weighted by atomic mass is 16.5. The molecule has 176 valence electrons. The van der Waals surface area contributed by atoms with Crippen LogP contribution in [0.4, 0.5) is 0 Å². The molecule has 0 saturated carbocycles. The van der Waals surface area contributed by atoms with E-state index in [9.17, 15) is 19.8 Å². The number of methoxy groups -OCH3 is 1. The maximum Gasteiger partial charge on any atom is 0.296 e. The number of carbonyl (C=O) groups is 2. The Kier molecular flexibility index (Phi) is 5.96. The van der Waals surface area contributed by atoms with Crippen molar-refractivity contribution in [2.45, 2.75) is 38.8 Å². The fraction of sp³-hybridized carbons (Fsp3) is 0.259. The number of carbonyl (C=O) groups excluding carboxylic acids is 2. The average molecular weight is 462 g/mol. The Morgan fingerprint density at radius 2 is 1.85 bits per heavy atom. The van der Waals surface area contributed by atoms with Crippen LogP contribution in [0.25, 0.3) is 5.76 Å². The number of nitrogens with zero attached hydrogens (tertiary/aromatic N) is 1. The molecule has 1 unspecified atom stereocenters. The summed E-state index contributed by atoms with van der Waals surface area (Å²) in [5, 5.41) is 21.4. The van der Waals surface area contributed by atoms with E-state index in [-0.39, 0.29) is 29.0 Å². The number of phenolic OH excluding ortho intramolecular Hbond substituents is 1. The fourth-order valence-electron chi connectivity index (χ4n) is 4.25. The first-order valence-corrected chi connectivity index (χ1v) is 10.9. The lowest BCUT2D eigenvalue weighted by Crippen LogP contribution is -2.29. The van der Waals surface area contributed by atoms with E-state index >= 15 is 0 Å². The number of ketones is 1. The molecule has 1 atom stereocenters. The Balaban J connectivity index is 1.90. The summed E-state index contributed by atoms with van der Waals surface area (Å²) in [6.07, 6.45) is 1.49. The van der Waals surface area contributed by atoms with Gasteiger partial charge in [-0.15, -0.1) is 0 Å². The summed E-state index contributed by atoms with van der Waals surface area (Å²) in [6.45, 7) is 6.08. The lowest BCUT2D eigenvalue weighted by atomic mass is 9.84. The topological polar surface area (TPSA) is 100 Å². The van der Waals surface area contributed by atoms with E-state index < -0.39 is 17.7 Å². The second kappa shape index (κ2) is 8.74. The van der Waals surface area contributed by atoms with Crippen LogP contribution in [0.15, 0.2) is 70.9 Å². The van der Waals surface area contributed by atoms with Gasteiger partial charge in [-0.25, -0.2) is 0 Å². The molecule has 1 aliphatic heterocycles. The second-order valence-corrected chi connectivity index (χ2v) is 9.27. The summed E-state index contributed by atoms with van der Waals surface area (Å²) < 4.78 is 10.9. The number of hydrogen-bond acceptors (Lipinski definition) is 6. The number of rotatable bonds is 5. The maximum absolute atomic E-state index is 13.2. The van der Waals surface area contributed by atoms with Crippen LogP contribution in [0, 0.1) is 0 Å². The van der Waals surface area contributed by atoms with Gasteiger partial charge in [-0.2, -0.15) is 0 Å². The van der Waals surface area contributed by atoms with Gasteiger partial charge in [-0.05, 0) is 53.4 Å². The Labute approximate surface area is 197 Å². The van der Waals surface area contributed by atoms with Gasteiger partial charge in [0.15, 0.2) is 0 Å². The van der Waals surface area contributed by atoms with Crippen LogP contribution >= 0.6 is 0 Å². The summed E-state index contributed by atoms with van der Waals surface area (Å²) in [5.74, 6) is -0.706. The zero-order chi connectivity index (χ0) is 24.6. The largest absolute Gasteiger partial charge is 0.508 e. The van der Waals surface area contributed by atoms with E-state index in [2.05, 4.69) is 0 Å². The highest BCUT2D eigenvalue weighted by molar-refractivity contribution is 6.46. The number of aromatic hydroxyl groups is 1. The minimum Gasteiger partial charge on any atom is -0.508 e. The molecule has 2 N–H and O–H groups in total. The van der Waals surface area contributed by atoms with Crippen molar-refractivity contribution in [3.05, 3.63) is 88.9 Å². The number of Topliss-reactive ketones (excluding diaryl/α,β-unsaturated/α-hetero) is 1. The molecule has 1 fully saturated rings. The highest BCUT2D eigenvalue weighted by Crippen LogP contribution is 2.42. The summed E-state index contributed by atoms with van der Waals surface area (Å²) in [4.78, 5) is 27.6. The summed E-state index contributed by atoms with van der Waals surface area (Å²) >= 11 is 0. The number of aliphatic hydroxyl groups is 1. The molecule has 0 spiro atoms. The molecule has 2 heterocycles. The van der Waals surface area contributed by atoms with Gasteiger partial charge in [0.25, 0.3) is 11.7 Å². The first-order valence-electron chi connectivity index (χ1n) is 10.9. The molecule has 3 aromatic rings. The van der Waals surface area contributed by atoms with Crippen molar-refractivity contribution in [1.82, 2.24) is 4.90 Å². The Hall–Kier alpha value is -4.00. The molecule has 34 heavy (non-hydrogen) atoms. The lowest BCUT2D eigenvalue weighted by Gasteiger charge is -2.25. The predicted molar refractivity (Wildman–Crippen MR) is 126 cm³/mol. The highest BCUT2D eigenvalue weighted by Gasteiger charge is 2.46. The monoisotopic (exact) mass is 461 g/mol. The van der Waals surface area contributed by atoms with Gasteiger partial charge in [0.1, 0.15) is 23.0 Å². The number of likely N-dealkylation sites (tertiary alicyclic amines) is 1. The number of ether oxygens (including phenoxy) is 1. The van der Waals surface area contributed by atoms with Crippen LogP contribution in [-0.2, 0) is 21.5 Å². The van der Waals surface area contributed by atoms with Gasteiger partial charge in [0, 0.05) is 11.1 Å². The van der Waals surface area contributed by atoms with E-state index in [0.717, 1.165) is 5.56 Å². The summed E-state index contributed by atoms with van der Waals surface area (Å²) in [7, 11) is 1.58. The zero-order valence-electron chi connectivity index (χ0n) is 19.5. The van der Waals surface area contributed by atoms with Crippen molar-refractivity contribution < 1.29 is 29.0 Å². The molecule has 4 rings (SSSR count). The second-order valence-electron chi connectivity index (χ2n) is 9.27. The SMILES string of the molecule is COc1ccc(/C(O)=C2/C(=O)C(=O)N(Cc3ccco3)C2c2cccc(O)c2)cc1C(C)(C)C. The average Bonchev–Trinajstić information content (AvgIpc) is 3.40. The number of hydrogen-bond donors (Lipinski definition) is 2. The first-order chi connectivity index (χ1) is 16.1. The maximum atomic E-state index is 13.2. The number of amides is 1. The Morgan fingerprint density at radius 3 is 2.47 bits per heavy atom. The van der Waals surface area contributed by atoms with Crippen molar-refractivity contribution in [3.8, 4) is 11.5 Å². The first kappa shape index (κ1) is 23.2. The number of benzene rings is 2. The van der Waals surface area contributed by atoms with Crippen LogP contribution in [0.5, 0.6) is 11.5 Å². The Bertz CT molecular complexity index is 1270. The number of furan rings is 1. The third kappa shape index (κ3) is 4.17. The van der Waals surface area contributed by atoms with E-state index in [1.807, 2.05) is 20.8 Å².